The Balaban J connectivity index is 2.18. The van der Waals surface area contributed by atoms with Gasteiger partial charge < -0.3 is 16.6 Å². The number of nitrogens with two attached hydrogens (primary N) is 2. The van der Waals surface area contributed by atoms with Crippen LogP contribution in [0.4, 0.5) is 17.1 Å². The van der Waals surface area contributed by atoms with Crippen LogP contribution in [0.3, 0.4) is 0 Å². The van der Waals surface area contributed by atoms with Crippen LogP contribution in [-0.2, 0) is 31.2 Å². The Hall–Kier alpha value is -3.39. The summed E-state index contributed by atoms with van der Waals surface area (Å²) in [5, 5.41) is 17.1. The summed E-state index contributed by atoms with van der Waals surface area (Å²) in [6.07, 6.45) is -0.173. The van der Waals surface area contributed by atoms with Gasteiger partial charge in [-0.05, 0) is 35.2 Å². The Labute approximate surface area is 189 Å². The van der Waals surface area contributed by atoms with Crippen LogP contribution in [0, 0.1) is 0 Å². The van der Waals surface area contributed by atoms with Crippen molar-refractivity contribution in [2.75, 3.05) is 18.1 Å². The zero-order valence-electron chi connectivity index (χ0n) is 17.0. The molecule has 0 aromatic heterocycles. The maximum atomic E-state index is 12.2. The van der Waals surface area contributed by atoms with Gasteiger partial charge in [0, 0.05) is 5.39 Å². The van der Waals surface area contributed by atoms with Gasteiger partial charge in [-0.3, -0.25) is 9.35 Å². The van der Waals surface area contributed by atoms with Gasteiger partial charge in [0.15, 0.2) is 9.84 Å². The van der Waals surface area contributed by atoms with Crippen molar-refractivity contribution >= 4 is 53.7 Å². The third kappa shape index (κ3) is 5.34. The van der Waals surface area contributed by atoms with E-state index in [0.717, 1.165) is 0 Å². The topological polar surface area (TPSA) is 203 Å². The number of anilines is 1. The van der Waals surface area contributed by atoms with E-state index in [2.05, 4.69) is 10.2 Å². The minimum Gasteiger partial charge on any atom is -0.397 e. The first kappa shape index (κ1) is 24.3. The second-order valence-electron chi connectivity index (χ2n) is 7.01. The third-order valence-corrected chi connectivity index (χ3v) is 7.31. The number of azo groups is 1. The Morgan fingerprint density at radius 3 is 2.36 bits per heavy atom. The van der Waals surface area contributed by atoms with Crippen molar-refractivity contribution in [3.63, 3.8) is 0 Å². The number of nitrogens with zero attached hydrogens (tertiary/aromatic N) is 2. The summed E-state index contributed by atoms with van der Waals surface area (Å²) in [4.78, 5) is 10.6. The Kier molecular flexibility index (Phi) is 6.78. The van der Waals surface area contributed by atoms with E-state index < -0.39 is 43.1 Å². The number of rotatable bonds is 8. The number of amides is 1. The van der Waals surface area contributed by atoms with Gasteiger partial charge in [0.25, 0.3) is 10.1 Å². The van der Waals surface area contributed by atoms with Gasteiger partial charge in [0.2, 0.25) is 5.91 Å². The predicted octanol–water partition coefficient (Wildman–Crippen LogP) is 1.88. The van der Waals surface area contributed by atoms with Gasteiger partial charge in [-0.25, -0.2) is 8.42 Å². The number of benzene rings is 3. The van der Waals surface area contributed by atoms with Crippen molar-refractivity contribution in [1.82, 2.24) is 0 Å². The van der Waals surface area contributed by atoms with Crippen LogP contribution < -0.4 is 11.5 Å². The van der Waals surface area contributed by atoms with Crippen molar-refractivity contribution in [3.8, 4) is 0 Å². The molecule has 0 radical (unpaired) electrons. The monoisotopic (exact) mass is 492 g/mol. The quantitative estimate of drug-likeness (QED) is 0.207. The lowest BCUT2D eigenvalue weighted by molar-refractivity contribution is -0.117. The van der Waals surface area contributed by atoms with Crippen molar-refractivity contribution in [2.45, 2.75) is 16.2 Å². The summed E-state index contributed by atoms with van der Waals surface area (Å²) < 4.78 is 58.6. The standard InChI is InChI=1S/C20H20N4O7S2/c21-16-3-1-2-13(11-18(22)26)19(16)24-23-17-7-4-12-10-14(32(27,28)9-8-25)5-6-15(12)20(17)33(29,30)31/h1-7,10,25H,8-9,11,21H2,(H2,22,26)(H,29,30,31). The van der Waals surface area contributed by atoms with E-state index in [1.807, 2.05) is 0 Å². The van der Waals surface area contributed by atoms with Crippen LogP contribution in [0.15, 0.2) is 68.6 Å². The first-order chi connectivity index (χ1) is 15.4. The molecule has 0 atom stereocenters. The van der Waals surface area contributed by atoms with Gasteiger partial charge in [-0.15, -0.1) is 10.2 Å². The normalized spacial score (nSPS) is 12.4. The molecule has 0 saturated carbocycles. The molecule has 0 bridgehead atoms. The summed E-state index contributed by atoms with van der Waals surface area (Å²) >= 11 is 0. The average Bonchev–Trinajstić information content (AvgIpc) is 2.71. The number of primary amides is 1. The van der Waals surface area contributed by atoms with E-state index in [1.165, 1.54) is 36.4 Å². The van der Waals surface area contributed by atoms with Gasteiger partial charge in [-0.2, -0.15) is 8.42 Å². The Bertz CT molecular complexity index is 1480. The molecule has 11 nitrogen and oxygen atoms in total. The average molecular weight is 493 g/mol. The van der Waals surface area contributed by atoms with E-state index in [1.54, 1.807) is 12.1 Å². The highest BCUT2D eigenvalue weighted by Gasteiger charge is 2.22. The third-order valence-electron chi connectivity index (χ3n) is 4.67. The number of sulfone groups is 1. The second-order valence-corrected chi connectivity index (χ2v) is 10.5. The molecular formula is C20H20N4O7S2. The summed E-state index contributed by atoms with van der Waals surface area (Å²) in [6, 6.07) is 10.9. The molecule has 6 N–H and O–H groups in total. The first-order valence-electron chi connectivity index (χ1n) is 9.39. The highest BCUT2D eigenvalue weighted by molar-refractivity contribution is 7.91. The molecule has 0 aliphatic carbocycles. The molecule has 13 heteroatoms. The van der Waals surface area contributed by atoms with E-state index >= 15 is 0 Å². The lowest BCUT2D eigenvalue weighted by atomic mass is 10.1. The van der Waals surface area contributed by atoms with Crippen LogP contribution in [0.5, 0.6) is 0 Å². The maximum absolute atomic E-state index is 12.2. The molecule has 0 aliphatic rings. The Morgan fingerprint density at radius 1 is 1.00 bits per heavy atom. The lowest BCUT2D eigenvalue weighted by Crippen LogP contribution is -2.13. The van der Waals surface area contributed by atoms with E-state index in [4.69, 9.17) is 16.6 Å². The number of hydrogen-bond donors (Lipinski definition) is 4. The highest BCUT2D eigenvalue weighted by Crippen LogP contribution is 2.36. The number of fused-ring (bicyclic) bond motifs is 1. The molecule has 3 aromatic rings. The van der Waals surface area contributed by atoms with Crippen LogP contribution in [0.2, 0.25) is 0 Å². The maximum Gasteiger partial charge on any atom is 0.297 e. The molecule has 0 aliphatic heterocycles. The van der Waals surface area contributed by atoms with Crippen molar-refractivity contribution < 1.29 is 31.3 Å². The molecular weight excluding hydrogens is 472 g/mol. The van der Waals surface area contributed by atoms with Crippen molar-refractivity contribution in [3.05, 3.63) is 54.1 Å². The first-order valence-corrected chi connectivity index (χ1v) is 12.5. The summed E-state index contributed by atoms with van der Waals surface area (Å²) in [5.74, 6) is -1.13. The number of carbonyl (C=O) groups is 1. The smallest absolute Gasteiger partial charge is 0.297 e. The molecule has 0 spiro atoms. The molecule has 0 heterocycles. The largest absolute Gasteiger partial charge is 0.397 e. The van der Waals surface area contributed by atoms with Crippen LogP contribution >= 0.6 is 0 Å². The van der Waals surface area contributed by atoms with Gasteiger partial charge in [-0.1, -0.05) is 24.3 Å². The number of nitrogen functional groups attached to an aromatic ring is 1. The summed E-state index contributed by atoms with van der Waals surface area (Å²) in [7, 11) is -8.59. The number of aliphatic hydroxyl groups is 1. The fourth-order valence-corrected chi connectivity index (χ4v) is 5.11. The van der Waals surface area contributed by atoms with Crippen LogP contribution in [-0.4, -0.2) is 44.8 Å². The highest BCUT2D eigenvalue weighted by atomic mass is 32.2. The fraction of sp³-hybridized carbons (Fsp3) is 0.150. The second kappa shape index (κ2) is 9.23. The van der Waals surface area contributed by atoms with E-state index in [9.17, 15) is 26.2 Å². The molecule has 0 fully saturated rings. The molecule has 3 aromatic carbocycles. The zero-order chi connectivity index (χ0) is 24.4. The molecule has 33 heavy (non-hydrogen) atoms. The molecule has 1 amide bonds. The minimum absolute atomic E-state index is 0.00953. The van der Waals surface area contributed by atoms with Crippen molar-refractivity contribution in [2.24, 2.45) is 16.0 Å². The number of carbonyl (C=O) groups excluding carboxylic acids is 1. The number of hydrogen-bond acceptors (Lipinski definition) is 9. The molecule has 3 rings (SSSR count). The van der Waals surface area contributed by atoms with Crippen molar-refractivity contribution in [1.29, 1.82) is 0 Å². The molecule has 0 unspecified atom stereocenters. The molecule has 174 valence electrons. The predicted molar refractivity (Wildman–Crippen MR) is 121 cm³/mol. The fourth-order valence-electron chi connectivity index (χ4n) is 3.22. The van der Waals surface area contributed by atoms with Gasteiger partial charge >= 0.3 is 0 Å². The summed E-state index contributed by atoms with van der Waals surface area (Å²) in [6.45, 7) is -0.573. The molecule has 0 saturated heterocycles. The minimum atomic E-state index is -4.81. The van der Waals surface area contributed by atoms with Crippen LogP contribution in [0.1, 0.15) is 5.56 Å². The van der Waals surface area contributed by atoms with E-state index in [0.29, 0.717) is 5.56 Å². The van der Waals surface area contributed by atoms with Gasteiger partial charge in [0.1, 0.15) is 16.3 Å². The zero-order valence-corrected chi connectivity index (χ0v) is 18.7. The number of aliphatic hydroxyl groups excluding tert-OH is 1. The SMILES string of the molecule is NC(=O)Cc1cccc(N)c1N=Nc1ccc2cc(S(=O)(=O)CCO)ccc2c1S(=O)(=O)O. The summed E-state index contributed by atoms with van der Waals surface area (Å²) in [5.41, 5.74) is 11.6. The Morgan fingerprint density at radius 2 is 1.73 bits per heavy atom. The lowest BCUT2D eigenvalue weighted by Gasteiger charge is -2.10. The van der Waals surface area contributed by atoms with E-state index in [-0.39, 0.29) is 39.2 Å². The van der Waals surface area contributed by atoms with Crippen LogP contribution in [0.25, 0.3) is 10.8 Å². The van der Waals surface area contributed by atoms with Gasteiger partial charge in [0.05, 0.1) is 29.4 Å².